The number of ether oxygens (including phenoxy) is 3. The summed E-state index contributed by atoms with van der Waals surface area (Å²) in [6.07, 6.45) is 2.55. The molecule has 0 aliphatic heterocycles. The van der Waals surface area contributed by atoms with Gasteiger partial charge in [0.2, 0.25) is 5.75 Å². The molecule has 0 radical (unpaired) electrons. The van der Waals surface area contributed by atoms with Gasteiger partial charge < -0.3 is 19.3 Å². The summed E-state index contributed by atoms with van der Waals surface area (Å²) in [7, 11) is -2.59. The Hall–Kier alpha value is -3.44. The lowest BCUT2D eigenvalue weighted by Crippen LogP contribution is -2.17. The summed E-state index contributed by atoms with van der Waals surface area (Å²) in [5, 5.41) is 8.88. The van der Waals surface area contributed by atoms with Crippen LogP contribution in [-0.4, -0.2) is 48.8 Å². The Morgan fingerprint density at radius 3 is 2.50 bits per heavy atom. The maximum Gasteiger partial charge on any atom is 0.280 e. The summed E-state index contributed by atoms with van der Waals surface area (Å²) in [4.78, 5) is 11.9. The van der Waals surface area contributed by atoms with Crippen LogP contribution in [0.1, 0.15) is 5.56 Å². The van der Waals surface area contributed by atoms with Crippen molar-refractivity contribution in [2.45, 2.75) is 11.9 Å². The van der Waals surface area contributed by atoms with E-state index in [-0.39, 0.29) is 41.4 Å². The predicted octanol–water partition coefficient (Wildman–Crippen LogP) is 2.15. The van der Waals surface area contributed by atoms with Gasteiger partial charge in [0.1, 0.15) is 12.9 Å². The molecule has 0 spiro atoms. The van der Waals surface area contributed by atoms with Crippen molar-refractivity contribution in [3.05, 3.63) is 54.5 Å². The molecule has 0 unspecified atom stereocenters. The third-order valence-corrected chi connectivity index (χ3v) is 5.03. The highest BCUT2D eigenvalue weighted by Crippen LogP contribution is 2.39. The normalized spacial score (nSPS) is 11.0. The van der Waals surface area contributed by atoms with Crippen LogP contribution in [0.2, 0.25) is 0 Å². The van der Waals surface area contributed by atoms with E-state index in [0.29, 0.717) is 5.75 Å². The van der Waals surface area contributed by atoms with Crippen molar-refractivity contribution in [3.8, 4) is 23.1 Å². The minimum Gasteiger partial charge on any atom is -0.493 e. The molecule has 3 rings (SSSR count). The molecule has 1 aromatic carbocycles. The molecule has 0 saturated heterocycles. The maximum atomic E-state index is 12.8. The fourth-order valence-corrected chi connectivity index (χ4v) is 3.32. The van der Waals surface area contributed by atoms with Gasteiger partial charge in [-0.05, 0) is 30.7 Å². The Morgan fingerprint density at radius 1 is 1.07 bits per heavy atom. The quantitative estimate of drug-likeness (QED) is 0.522. The summed E-state index contributed by atoms with van der Waals surface area (Å²) in [6, 6.07) is 9.78. The summed E-state index contributed by atoms with van der Waals surface area (Å²) in [5.74, 6) is 0.387. The number of methoxy groups -OCH3 is 1. The summed E-state index contributed by atoms with van der Waals surface area (Å²) in [5.41, 5.74) is 0.816. The first kappa shape index (κ1) is 21.3. The molecular formula is C19H20N4O6S. The lowest BCUT2D eigenvalue weighted by atomic mass is 10.3. The first-order valence-corrected chi connectivity index (χ1v) is 10.3. The molecular weight excluding hydrogens is 412 g/mol. The molecule has 0 amide bonds. The topological polar surface area (TPSA) is 133 Å². The summed E-state index contributed by atoms with van der Waals surface area (Å²) >= 11 is 0. The first-order valence-electron chi connectivity index (χ1n) is 8.79. The number of nitrogens with one attached hydrogen (secondary N) is 1. The van der Waals surface area contributed by atoms with Gasteiger partial charge in [-0.15, -0.1) is 0 Å². The average Bonchev–Trinajstić information content (AvgIpc) is 2.74. The van der Waals surface area contributed by atoms with E-state index >= 15 is 0 Å². The van der Waals surface area contributed by atoms with Crippen LogP contribution in [0, 0.1) is 6.92 Å². The zero-order valence-corrected chi connectivity index (χ0v) is 17.1. The molecule has 11 heteroatoms. The largest absolute Gasteiger partial charge is 0.493 e. The van der Waals surface area contributed by atoms with Crippen LogP contribution in [0.4, 0.5) is 5.82 Å². The highest BCUT2D eigenvalue weighted by atomic mass is 32.2. The predicted molar refractivity (Wildman–Crippen MR) is 107 cm³/mol. The van der Waals surface area contributed by atoms with Gasteiger partial charge in [0.25, 0.3) is 15.9 Å². The van der Waals surface area contributed by atoms with E-state index in [1.165, 1.54) is 19.4 Å². The number of para-hydroxylation sites is 2. The van der Waals surface area contributed by atoms with E-state index in [0.717, 1.165) is 11.9 Å². The third-order valence-electron chi connectivity index (χ3n) is 3.77. The minimum atomic E-state index is -4.07. The van der Waals surface area contributed by atoms with Gasteiger partial charge in [-0.2, -0.15) is 13.4 Å². The standard InChI is InChI=1S/C19H20N4O6S/c1-13-7-8-16(20-11-13)30(25,26)23-18-17(19(22-12-21-18)28-10-9-24)29-15-6-4-3-5-14(15)27-2/h3-8,11-12,24H,9-10H2,1-2H3,(H,21,22,23). The van der Waals surface area contributed by atoms with Gasteiger partial charge >= 0.3 is 0 Å². The van der Waals surface area contributed by atoms with Crippen molar-refractivity contribution < 1.29 is 27.7 Å². The molecule has 0 aliphatic rings. The molecule has 0 aliphatic carbocycles. The molecule has 0 bridgehead atoms. The van der Waals surface area contributed by atoms with Crippen LogP contribution in [0.5, 0.6) is 23.1 Å². The first-order chi connectivity index (χ1) is 14.4. The number of aliphatic hydroxyl groups is 1. The van der Waals surface area contributed by atoms with E-state index in [1.54, 1.807) is 37.3 Å². The number of nitrogens with zero attached hydrogens (tertiary/aromatic N) is 3. The molecule has 2 heterocycles. The van der Waals surface area contributed by atoms with Crippen LogP contribution in [0.3, 0.4) is 0 Å². The van der Waals surface area contributed by atoms with Gasteiger partial charge in [-0.3, -0.25) is 4.72 Å². The number of aromatic nitrogens is 3. The summed E-state index contributed by atoms with van der Waals surface area (Å²) < 4.78 is 44.4. The second-order valence-corrected chi connectivity index (χ2v) is 7.59. The van der Waals surface area contributed by atoms with Crippen molar-refractivity contribution in [2.75, 3.05) is 25.0 Å². The minimum absolute atomic E-state index is 0.0560. The maximum absolute atomic E-state index is 12.8. The van der Waals surface area contributed by atoms with E-state index < -0.39 is 10.0 Å². The van der Waals surface area contributed by atoms with Crippen LogP contribution in [0.25, 0.3) is 0 Å². The molecule has 158 valence electrons. The number of sulfonamides is 1. The molecule has 2 N–H and O–H groups in total. The smallest absolute Gasteiger partial charge is 0.280 e. The number of rotatable bonds is 9. The third kappa shape index (κ3) is 4.93. The average molecular weight is 432 g/mol. The number of aliphatic hydroxyl groups excluding tert-OH is 1. The molecule has 10 nitrogen and oxygen atoms in total. The lowest BCUT2D eigenvalue weighted by molar-refractivity contribution is 0.192. The van der Waals surface area contributed by atoms with Gasteiger partial charge in [0.05, 0.1) is 13.7 Å². The number of pyridine rings is 1. The number of benzene rings is 1. The van der Waals surface area contributed by atoms with Crippen molar-refractivity contribution in [1.29, 1.82) is 0 Å². The number of anilines is 1. The lowest BCUT2D eigenvalue weighted by Gasteiger charge is -2.16. The Morgan fingerprint density at radius 2 is 1.83 bits per heavy atom. The monoisotopic (exact) mass is 432 g/mol. The Balaban J connectivity index is 2.02. The van der Waals surface area contributed by atoms with Crippen LogP contribution in [0.15, 0.2) is 53.9 Å². The zero-order chi connectivity index (χ0) is 21.6. The Kier molecular flexibility index (Phi) is 6.65. The van der Waals surface area contributed by atoms with E-state index in [1.807, 2.05) is 0 Å². The van der Waals surface area contributed by atoms with E-state index in [9.17, 15) is 8.42 Å². The molecule has 0 fully saturated rings. The number of hydrogen-bond acceptors (Lipinski definition) is 9. The van der Waals surface area contributed by atoms with Gasteiger partial charge in [0, 0.05) is 6.20 Å². The van der Waals surface area contributed by atoms with Crippen molar-refractivity contribution in [3.63, 3.8) is 0 Å². The Labute approximate surface area is 173 Å². The highest BCUT2D eigenvalue weighted by Gasteiger charge is 2.23. The molecule has 2 aromatic heterocycles. The molecule has 3 aromatic rings. The van der Waals surface area contributed by atoms with Crippen molar-refractivity contribution in [1.82, 2.24) is 15.0 Å². The number of hydrogen-bond donors (Lipinski definition) is 2. The fourth-order valence-electron chi connectivity index (χ4n) is 2.37. The zero-order valence-electron chi connectivity index (χ0n) is 16.3. The number of aryl methyl sites for hydroxylation is 1. The van der Waals surface area contributed by atoms with E-state index in [2.05, 4.69) is 19.7 Å². The second-order valence-electron chi connectivity index (χ2n) is 5.96. The summed E-state index contributed by atoms with van der Waals surface area (Å²) in [6.45, 7) is 1.45. The Bertz CT molecular complexity index is 1110. The SMILES string of the molecule is COc1ccccc1Oc1c(NS(=O)(=O)c2ccc(C)cn2)ncnc1OCCO. The fraction of sp³-hybridized carbons (Fsp3) is 0.211. The van der Waals surface area contributed by atoms with E-state index in [4.69, 9.17) is 19.3 Å². The van der Waals surface area contributed by atoms with Crippen molar-refractivity contribution in [2.24, 2.45) is 0 Å². The molecule has 0 atom stereocenters. The van der Waals surface area contributed by atoms with Crippen LogP contribution < -0.4 is 18.9 Å². The van der Waals surface area contributed by atoms with Crippen molar-refractivity contribution >= 4 is 15.8 Å². The second kappa shape index (κ2) is 9.37. The highest BCUT2D eigenvalue weighted by molar-refractivity contribution is 7.92. The molecule has 0 saturated carbocycles. The molecule has 30 heavy (non-hydrogen) atoms. The van der Waals surface area contributed by atoms with Crippen LogP contribution in [-0.2, 0) is 10.0 Å². The van der Waals surface area contributed by atoms with Gasteiger partial charge in [-0.1, -0.05) is 18.2 Å². The van der Waals surface area contributed by atoms with Crippen LogP contribution >= 0.6 is 0 Å². The van der Waals surface area contributed by atoms with Gasteiger partial charge in [-0.25, -0.2) is 9.97 Å². The van der Waals surface area contributed by atoms with Gasteiger partial charge in [0.15, 0.2) is 22.3 Å².